The van der Waals surface area contributed by atoms with Crippen molar-refractivity contribution in [1.82, 2.24) is 0 Å². The average molecular weight is 570 g/mol. The molecular formula is C29H43Hf. The van der Waals surface area contributed by atoms with Gasteiger partial charge in [0.2, 0.25) is 0 Å². The number of fused-ring (bicyclic) bond motifs is 3. The molecule has 0 heterocycles. The molecule has 0 fully saturated rings. The van der Waals surface area contributed by atoms with Gasteiger partial charge in [-0.25, -0.2) is 0 Å². The second-order valence-corrected chi connectivity index (χ2v) is 130. The van der Waals surface area contributed by atoms with Crippen LogP contribution in [0.2, 0.25) is 36.4 Å². The van der Waals surface area contributed by atoms with E-state index in [0.717, 1.165) is 6.42 Å². The minimum absolute atomic E-state index is 0.101. The van der Waals surface area contributed by atoms with Crippen molar-refractivity contribution in [2.24, 2.45) is 5.92 Å². The van der Waals surface area contributed by atoms with E-state index in [-0.39, 0.29) is 3.17 Å². The second-order valence-electron chi connectivity index (χ2n) is 21.0. The van der Waals surface area contributed by atoms with Crippen molar-refractivity contribution in [1.29, 1.82) is 0 Å². The number of allylic oxidation sites excluding steroid dienone is 5. The zero-order valence-corrected chi connectivity index (χ0v) is 24.4. The average Bonchev–Trinajstić information content (AvgIpc) is 3.29. The predicted octanol–water partition coefficient (Wildman–Crippen LogP) is 10.2. The standard InChI is InChI=1S/C17H17.C5H5.7CH3.Hf/c1-3-12(2)15-11-10-14-9-8-13-6-4-5-7-16(13)17(14)15;1-2-4-5-3-1;;;;;;;;/h4-12H,3H2,1-2H3;1-5H;7*1H3;. The molecule has 0 saturated carbocycles. The Hall–Kier alpha value is -1.21. The van der Waals surface area contributed by atoms with Crippen LogP contribution in [-0.4, -0.2) is 0 Å². The molecule has 2 aliphatic rings. The Morgan fingerprint density at radius 1 is 0.867 bits per heavy atom. The van der Waals surface area contributed by atoms with Crippen LogP contribution in [-0.2, 0) is 15.8 Å². The quantitative estimate of drug-likeness (QED) is 0.321. The normalized spacial score (nSPS) is 29.3. The van der Waals surface area contributed by atoms with E-state index < -0.39 is 12.6 Å². The van der Waals surface area contributed by atoms with Gasteiger partial charge in [-0.3, -0.25) is 0 Å². The molecule has 4 rings (SSSR count). The molecule has 0 bridgehead atoms. The zero-order valence-electron chi connectivity index (χ0n) is 20.8. The van der Waals surface area contributed by atoms with Gasteiger partial charge < -0.3 is 0 Å². The molecule has 0 spiro atoms. The van der Waals surface area contributed by atoms with Crippen molar-refractivity contribution in [3.8, 4) is 0 Å². The van der Waals surface area contributed by atoms with Crippen molar-refractivity contribution >= 4 is 16.8 Å². The van der Waals surface area contributed by atoms with Crippen LogP contribution in [0.25, 0.3) is 16.8 Å². The maximum atomic E-state index is 2.74. The van der Waals surface area contributed by atoms with Gasteiger partial charge in [0.05, 0.1) is 0 Å². The number of hydrogen-bond donors (Lipinski definition) is 0. The van der Waals surface area contributed by atoms with Crippen LogP contribution in [0.4, 0.5) is 0 Å². The third kappa shape index (κ3) is 2.21. The number of benzene rings is 2. The van der Waals surface area contributed by atoms with Crippen LogP contribution in [0, 0.1) is 5.92 Å². The van der Waals surface area contributed by atoms with E-state index in [4.69, 9.17) is 0 Å². The Morgan fingerprint density at radius 3 is 2.07 bits per heavy atom. The summed E-state index contributed by atoms with van der Waals surface area (Å²) < 4.78 is 19.4. The molecule has 163 valence electrons. The predicted molar refractivity (Wildman–Crippen MR) is 137 cm³/mol. The Bertz CT molecular complexity index is 1240. The van der Waals surface area contributed by atoms with Crippen molar-refractivity contribution in [3.05, 3.63) is 77.9 Å². The van der Waals surface area contributed by atoms with Gasteiger partial charge in [-0.1, -0.05) is 0 Å². The summed E-state index contributed by atoms with van der Waals surface area (Å²) >= 11 is -5.74. The fraction of sp³-hybridized carbons (Fsp3) is 0.448. The molecule has 1 heteroatoms. The molecule has 0 nitrogen and oxygen atoms in total. The summed E-state index contributed by atoms with van der Waals surface area (Å²) in [5.74, 6) is 0.490. The van der Waals surface area contributed by atoms with E-state index in [1.54, 1.807) is 5.56 Å². The van der Waals surface area contributed by atoms with E-state index in [9.17, 15) is 0 Å². The van der Waals surface area contributed by atoms with Gasteiger partial charge in [-0.05, 0) is 0 Å². The van der Waals surface area contributed by atoms with E-state index in [2.05, 4.69) is 119 Å². The van der Waals surface area contributed by atoms with Crippen LogP contribution in [0.5, 0.6) is 0 Å². The monoisotopic (exact) mass is 571 g/mol. The van der Waals surface area contributed by atoms with Crippen LogP contribution >= 0.6 is 0 Å². The van der Waals surface area contributed by atoms with Gasteiger partial charge in [0.1, 0.15) is 0 Å². The van der Waals surface area contributed by atoms with Gasteiger partial charge in [0, 0.05) is 0 Å². The molecule has 2 aromatic carbocycles. The number of rotatable bonds is 4. The number of hydrogen-bond acceptors (Lipinski definition) is 0. The van der Waals surface area contributed by atoms with Crippen LogP contribution < -0.4 is 0 Å². The van der Waals surface area contributed by atoms with Crippen LogP contribution in [0.3, 0.4) is 0 Å². The minimum atomic E-state index is -5.74. The molecular weight excluding hydrogens is 527 g/mol. The first-order valence-electron chi connectivity index (χ1n) is 12.1. The molecule has 2 unspecified atom stereocenters. The van der Waals surface area contributed by atoms with Crippen LogP contribution in [0.1, 0.15) is 31.4 Å². The summed E-state index contributed by atoms with van der Waals surface area (Å²) in [6.45, 7) is 4.88. The van der Waals surface area contributed by atoms with Crippen LogP contribution in [0.15, 0.2) is 66.8 Å². The fourth-order valence-corrected chi connectivity index (χ4v) is 48.5. The fourth-order valence-electron chi connectivity index (χ4n) is 8.52. The molecule has 2 aliphatic carbocycles. The molecule has 0 aliphatic heterocycles. The maximum absolute atomic E-state index is 5.74. The molecule has 0 amide bonds. The first-order valence-corrected chi connectivity index (χ1v) is 41.1. The van der Waals surface area contributed by atoms with Crippen molar-refractivity contribution in [2.45, 2.75) is 59.9 Å². The first-order chi connectivity index (χ1) is 13.2. The molecule has 0 saturated heterocycles. The molecule has 0 N–H and O–H groups in total. The van der Waals surface area contributed by atoms with E-state index in [0.29, 0.717) is 9.59 Å². The first kappa shape index (κ1) is 22.0. The third-order valence-corrected chi connectivity index (χ3v) is 55.8. The van der Waals surface area contributed by atoms with E-state index in [1.807, 2.05) is 0 Å². The van der Waals surface area contributed by atoms with Gasteiger partial charge >= 0.3 is 173 Å². The Kier molecular flexibility index (Phi) is 2.84. The molecule has 2 aromatic rings. The Morgan fingerprint density at radius 2 is 1.47 bits per heavy atom. The summed E-state index contributed by atoms with van der Waals surface area (Å²) in [5.41, 5.74) is 2.96. The van der Waals surface area contributed by atoms with E-state index >= 15 is 0 Å². The summed E-state index contributed by atoms with van der Waals surface area (Å²) in [6.07, 6.45) is 15.8. The summed E-state index contributed by atoms with van der Waals surface area (Å²) in [6, 6.07) is 13.7. The summed E-state index contributed by atoms with van der Waals surface area (Å²) in [4.78, 5) is 0. The molecule has 2 atom stereocenters. The second kappa shape index (κ2) is 3.87. The summed E-state index contributed by atoms with van der Waals surface area (Å²) in [5, 5.41) is 2.77. The van der Waals surface area contributed by atoms with Crippen molar-refractivity contribution < 1.29 is 12.6 Å². The Balaban J connectivity index is 2.39. The van der Waals surface area contributed by atoms with Gasteiger partial charge in [-0.15, -0.1) is 0 Å². The van der Waals surface area contributed by atoms with Gasteiger partial charge in [-0.2, -0.15) is 0 Å². The van der Waals surface area contributed by atoms with E-state index in [1.165, 1.54) is 16.3 Å². The topological polar surface area (TPSA) is 0 Å². The molecule has 30 heavy (non-hydrogen) atoms. The Labute approximate surface area is 172 Å². The SMILES string of the molecule is CCC(C)[C]1([Hf]([CH3])([CH3])([CH3])([CH3])([CH3])([CH3])([CH3])[CH]2C=CC=C2)C=Cc2ccc3ccccc3c21. The third-order valence-electron chi connectivity index (χ3n) is 10.7. The molecule has 0 aromatic heterocycles. The van der Waals surface area contributed by atoms with Gasteiger partial charge in [0.15, 0.2) is 0 Å². The van der Waals surface area contributed by atoms with Crippen molar-refractivity contribution in [2.75, 3.05) is 0 Å². The molecule has 0 radical (unpaired) electrons. The zero-order chi connectivity index (χ0) is 22.5. The van der Waals surface area contributed by atoms with Gasteiger partial charge in [0.25, 0.3) is 0 Å². The van der Waals surface area contributed by atoms with Crippen molar-refractivity contribution in [3.63, 3.8) is 0 Å². The summed E-state index contributed by atoms with van der Waals surface area (Å²) in [7, 11) is 0.